The molecule has 134 valence electrons. The number of nitrogens with zero attached hydrogens (tertiary/aromatic N) is 2. The Morgan fingerprint density at radius 1 is 1.23 bits per heavy atom. The van der Waals surface area contributed by atoms with Crippen LogP contribution in [-0.2, 0) is 16.6 Å². The number of carbonyl (C=O) groups is 1. The molecule has 10 heteroatoms. The summed E-state index contributed by atoms with van der Waals surface area (Å²) in [6, 6.07) is 11.9. The summed E-state index contributed by atoms with van der Waals surface area (Å²) < 4.78 is 22.5. The van der Waals surface area contributed by atoms with E-state index < -0.39 is 16.0 Å². The summed E-state index contributed by atoms with van der Waals surface area (Å²) in [7, 11) is -3.76. The molecule has 9 nitrogen and oxygen atoms in total. The molecule has 2 aromatic carbocycles. The van der Waals surface area contributed by atoms with Crippen LogP contribution in [0.1, 0.15) is 15.9 Å². The van der Waals surface area contributed by atoms with Crippen molar-refractivity contribution in [3.05, 3.63) is 59.7 Å². The molecule has 2 rings (SSSR count). The van der Waals surface area contributed by atoms with Crippen LogP contribution in [0.4, 0.5) is 5.69 Å². The Bertz CT molecular complexity index is 978. The number of guanidine groups is 1. The second-order valence-corrected chi connectivity index (χ2v) is 6.66. The Morgan fingerprint density at radius 2 is 1.92 bits per heavy atom. The Kier molecular flexibility index (Phi) is 5.90. The van der Waals surface area contributed by atoms with E-state index in [1.54, 1.807) is 30.5 Å². The number of sulfonamides is 1. The molecule has 0 heterocycles. The maximum Gasteiger partial charge on any atom is 0.335 e. The highest BCUT2D eigenvalue weighted by Gasteiger charge is 2.07. The highest BCUT2D eigenvalue weighted by atomic mass is 32.2. The molecule has 0 atom stereocenters. The quantitative estimate of drug-likeness (QED) is 0.264. The fourth-order valence-electron chi connectivity index (χ4n) is 1.98. The lowest BCUT2D eigenvalue weighted by atomic mass is 10.2. The van der Waals surface area contributed by atoms with Crippen molar-refractivity contribution in [2.75, 3.05) is 5.32 Å². The van der Waals surface area contributed by atoms with Gasteiger partial charge >= 0.3 is 5.97 Å². The number of carboxylic acid groups (broad SMARTS) is 1. The third kappa shape index (κ3) is 5.30. The monoisotopic (exact) mass is 373 g/mol. The number of anilines is 1. The molecule has 0 bridgehead atoms. The van der Waals surface area contributed by atoms with E-state index in [9.17, 15) is 13.2 Å². The molecule has 0 amide bonds. The molecular formula is C16H15N5O4S. The van der Waals surface area contributed by atoms with Gasteiger partial charge in [0.15, 0.2) is 6.19 Å². The first-order valence-corrected chi connectivity index (χ1v) is 8.76. The molecule has 0 unspecified atom stereocenters. The predicted octanol–water partition coefficient (Wildman–Crippen LogP) is 1.07. The largest absolute Gasteiger partial charge is 0.478 e. The van der Waals surface area contributed by atoms with Crippen molar-refractivity contribution in [3.8, 4) is 6.19 Å². The van der Waals surface area contributed by atoms with Gasteiger partial charge in [-0.25, -0.2) is 23.3 Å². The van der Waals surface area contributed by atoms with E-state index in [0.717, 1.165) is 0 Å². The topological polar surface area (TPSA) is 158 Å². The smallest absolute Gasteiger partial charge is 0.335 e. The van der Waals surface area contributed by atoms with Crippen LogP contribution in [0.3, 0.4) is 0 Å². The van der Waals surface area contributed by atoms with Crippen LogP contribution >= 0.6 is 0 Å². The second kappa shape index (κ2) is 8.11. The second-order valence-electron chi connectivity index (χ2n) is 5.10. The fraction of sp³-hybridized carbons (Fsp3) is 0.0625. The number of benzene rings is 2. The van der Waals surface area contributed by atoms with Gasteiger partial charge in [-0.2, -0.15) is 5.26 Å². The number of nitrogens with one attached hydrogen (secondary N) is 2. The van der Waals surface area contributed by atoms with Gasteiger partial charge in [0.25, 0.3) is 0 Å². The molecule has 5 N–H and O–H groups in total. The van der Waals surface area contributed by atoms with Gasteiger partial charge in [-0.05, 0) is 35.9 Å². The highest BCUT2D eigenvalue weighted by molar-refractivity contribution is 7.89. The van der Waals surface area contributed by atoms with E-state index in [0.29, 0.717) is 11.3 Å². The molecule has 0 aliphatic heterocycles. The lowest BCUT2D eigenvalue weighted by Gasteiger charge is -2.09. The molecule has 2 aromatic rings. The minimum atomic E-state index is -3.76. The van der Waals surface area contributed by atoms with Gasteiger partial charge in [0.05, 0.1) is 17.0 Å². The molecule has 0 aliphatic carbocycles. The fourth-order valence-corrected chi connectivity index (χ4v) is 2.50. The lowest BCUT2D eigenvalue weighted by Crippen LogP contribution is -2.27. The molecule has 0 aromatic heterocycles. The van der Waals surface area contributed by atoms with Crippen molar-refractivity contribution < 1.29 is 18.3 Å². The van der Waals surface area contributed by atoms with Gasteiger partial charge < -0.3 is 10.4 Å². The van der Waals surface area contributed by atoms with E-state index in [4.69, 9.17) is 15.5 Å². The zero-order valence-electron chi connectivity index (χ0n) is 13.4. The normalized spacial score (nSPS) is 11.5. The average molecular weight is 373 g/mol. The van der Waals surface area contributed by atoms with Crippen LogP contribution in [0.5, 0.6) is 0 Å². The highest BCUT2D eigenvalue weighted by Crippen LogP contribution is 2.12. The molecule has 0 saturated carbocycles. The minimum Gasteiger partial charge on any atom is -0.478 e. The first-order valence-electron chi connectivity index (χ1n) is 7.21. The number of carboxylic acids is 1. The predicted molar refractivity (Wildman–Crippen MR) is 94.7 cm³/mol. The summed E-state index contributed by atoms with van der Waals surface area (Å²) in [4.78, 5) is 15.2. The Labute approximate surface area is 149 Å². The van der Waals surface area contributed by atoms with Crippen molar-refractivity contribution in [1.82, 2.24) is 5.32 Å². The third-order valence-electron chi connectivity index (χ3n) is 3.22. The van der Waals surface area contributed by atoms with Crippen LogP contribution in [0, 0.1) is 11.5 Å². The van der Waals surface area contributed by atoms with Crippen molar-refractivity contribution in [2.24, 2.45) is 10.1 Å². The van der Waals surface area contributed by atoms with Gasteiger partial charge in [-0.1, -0.05) is 18.2 Å². The number of primary sulfonamides is 1. The van der Waals surface area contributed by atoms with Crippen LogP contribution in [0.25, 0.3) is 0 Å². The SMILES string of the molecule is N#CNC(=NCc1ccc(S(N)(=O)=O)cc1)Nc1cccc(C(=O)O)c1. The summed E-state index contributed by atoms with van der Waals surface area (Å²) in [6.45, 7) is 0.153. The molecule has 0 radical (unpaired) electrons. The molecule has 0 aliphatic rings. The summed E-state index contributed by atoms with van der Waals surface area (Å²) in [5, 5.41) is 28.0. The van der Waals surface area contributed by atoms with Gasteiger partial charge in [0.2, 0.25) is 16.0 Å². The van der Waals surface area contributed by atoms with Gasteiger partial charge in [0.1, 0.15) is 0 Å². The molecule has 0 fully saturated rings. The van der Waals surface area contributed by atoms with Crippen LogP contribution in [0.15, 0.2) is 58.4 Å². The van der Waals surface area contributed by atoms with Crippen molar-refractivity contribution in [1.29, 1.82) is 5.26 Å². The van der Waals surface area contributed by atoms with Gasteiger partial charge in [0, 0.05) is 5.69 Å². The third-order valence-corrected chi connectivity index (χ3v) is 4.15. The number of hydrogen-bond acceptors (Lipinski definition) is 5. The van der Waals surface area contributed by atoms with Gasteiger partial charge in [-0.3, -0.25) is 5.32 Å². The van der Waals surface area contributed by atoms with Crippen molar-refractivity contribution in [2.45, 2.75) is 11.4 Å². The molecule has 0 saturated heterocycles. The first kappa shape index (κ1) is 18.9. The van der Waals surface area contributed by atoms with Crippen molar-refractivity contribution >= 4 is 27.6 Å². The maximum absolute atomic E-state index is 11.2. The molecule has 0 spiro atoms. The number of nitriles is 1. The summed E-state index contributed by atoms with van der Waals surface area (Å²) in [5.74, 6) is -0.958. The van der Waals surface area contributed by atoms with Crippen molar-refractivity contribution in [3.63, 3.8) is 0 Å². The lowest BCUT2D eigenvalue weighted by molar-refractivity contribution is 0.0697. The zero-order chi connectivity index (χ0) is 19.2. The Balaban J connectivity index is 2.15. The summed E-state index contributed by atoms with van der Waals surface area (Å²) in [6.07, 6.45) is 1.74. The maximum atomic E-state index is 11.2. The first-order chi connectivity index (χ1) is 12.3. The van der Waals surface area contributed by atoms with Crippen LogP contribution in [-0.4, -0.2) is 25.5 Å². The molecular weight excluding hydrogens is 358 g/mol. The number of rotatable bonds is 5. The Hall–Kier alpha value is -3.42. The van der Waals surface area contributed by atoms with Crippen LogP contribution in [0.2, 0.25) is 0 Å². The Morgan fingerprint density at radius 3 is 2.50 bits per heavy atom. The minimum absolute atomic E-state index is 0.00999. The van der Waals surface area contributed by atoms with E-state index >= 15 is 0 Å². The molecule has 26 heavy (non-hydrogen) atoms. The average Bonchev–Trinajstić information content (AvgIpc) is 2.60. The zero-order valence-corrected chi connectivity index (χ0v) is 14.2. The number of nitrogens with two attached hydrogens (primary N) is 1. The standard InChI is InChI=1S/C16H15N5O4S/c17-10-20-16(21-13-3-1-2-12(8-13)15(22)23)19-9-11-4-6-14(7-5-11)26(18,24)25/h1-8H,9H2,(H,22,23)(H2,18,24,25)(H2,19,20,21). The van der Waals surface area contributed by atoms with E-state index in [-0.39, 0.29) is 23.0 Å². The van der Waals surface area contributed by atoms with E-state index in [1.807, 2.05) is 0 Å². The van der Waals surface area contributed by atoms with Crippen LogP contribution < -0.4 is 15.8 Å². The number of aromatic carboxylic acids is 1. The summed E-state index contributed by atoms with van der Waals surface area (Å²) in [5.41, 5.74) is 1.22. The summed E-state index contributed by atoms with van der Waals surface area (Å²) >= 11 is 0. The van der Waals surface area contributed by atoms with E-state index in [1.165, 1.54) is 24.3 Å². The number of hydrogen-bond donors (Lipinski definition) is 4. The van der Waals surface area contributed by atoms with E-state index in [2.05, 4.69) is 15.6 Å². The van der Waals surface area contributed by atoms with Gasteiger partial charge in [-0.15, -0.1) is 0 Å². The number of aliphatic imine (C=N–C) groups is 1.